The summed E-state index contributed by atoms with van der Waals surface area (Å²) in [5.74, 6) is 0.247. The van der Waals surface area contributed by atoms with E-state index in [0.717, 1.165) is 44.1 Å². The van der Waals surface area contributed by atoms with Crippen molar-refractivity contribution < 1.29 is 14.3 Å². The first kappa shape index (κ1) is 19.0. The Bertz CT molecular complexity index is 642. The number of hydrogen-bond acceptors (Lipinski definition) is 3. The van der Waals surface area contributed by atoms with Crippen molar-refractivity contribution in [3.8, 4) is 5.75 Å². The zero-order chi connectivity index (χ0) is 18.5. The number of alkyl halides is 1. The van der Waals surface area contributed by atoms with Crippen LogP contribution in [0.25, 0.3) is 0 Å². The fourth-order valence-electron chi connectivity index (χ4n) is 3.76. The maximum Gasteiger partial charge on any atom is 0.247 e. The molecule has 1 aromatic rings. The molecule has 1 aromatic carbocycles. The van der Waals surface area contributed by atoms with Gasteiger partial charge in [0.1, 0.15) is 17.7 Å². The van der Waals surface area contributed by atoms with Crippen LogP contribution in [0.5, 0.6) is 5.75 Å². The van der Waals surface area contributed by atoms with E-state index in [4.69, 9.17) is 16.3 Å². The molecule has 2 aliphatic rings. The molecule has 0 aromatic heterocycles. The van der Waals surface area contributed by atoms with E-state index in [9.17, 15) is 9.59 Å². The summed E-state index contributed by atoms with van der Waals surface area (Å²) < 4.78 is 5.32. The molecule has 1 unspecified atom stereocenters. The molecule has 142 valence electrons. The second kappa shape index (κ2) is 8.76. The Hall–Kier alpha value is -1.75. The number of methoxy groups -OCH3 is 1. The average Bonchev–Trinajstić information content (AvgIpc) is 3.51. The number of rotatable bonds is 7. The number of carbonyl (C=O) groups is 2. The Balaban J connectivity index is 1.88. The third-order valence-electron chi connectivity index (χ3n) is 5.23. The minimum atomic E-state index is -0.661. The number of amides is 2. The number of benzene rings is 1. The molecule has 3 rings (SSSR count). The molecule has 2 amide bonds. The lowest BCUT2D eigenvalue weighted by molar-refractivity contribution is -0.140. The lowest BCUT2D eigenvalue weighted by atomic mass is 9.94. The Labute approximate surface area is 160 Å². The maximum atomic E-state index is 13.2. The quantitative estimate of drug-likeness (QED) is 0.739. The van der Waals surface area contributed by atoms with Gasteiger partial charge in [0.05, 0.1) is 7.11 Å². The standard InChI is InChI=1S/C20H27ClN2O3/c1-26-17-9-5-6-14(12-17)19(23(16-10-11-16)18(24)13-21)20(25)22-15-7-3-2-4-8-15/h5-6,9,12,15-16,19H,2-4,7-8,10-11,13H2,1H3,(H,22,25). The minimum absolute atomic E-state index is 0.0922. The topological polar surface area (TPSA) is 58.6 Å². The Morgan fingerprint density at radius 2 is 1.96 bits per heavy atom. The summed E-state index contributed by atoms with van der Waals surface area (Å²) in [5.41, 5.74) is 0.767. The predicted octanol–water partition coefficient (Wildman–Crippen LogP) is 3.42. The number of halogens is 1. The van der Waals surface area contributed by atoms with Gasteiger partial charge in [0, 0.05) is 12.1 Å². The van der Waals surface area contributed by atoms with Gasteiger partial charge in [0.25, 0.3) is 0 Å². The molecular weight excluding hydrogens is 352 g/mol. The van der Waals surface area contributed by atoms with Crippen LogP contribution >= 0.6 is 11.6 Å². The molecule has 6 heteroatoms. The van der Waals surface area contributed by atoms with Gasteiger partial charge < -0.3 is 15.0 Å². The van der Waals surface area contributed by atoms with Gasteiger partial charge in [-0.25, -0.2) is 0 Å². The van der Waals surface area contributed by atoms with Crippen molar-refractivity contribution in [1.82, 2.24) is 10.2 Å². The molecular formula is C20H27ClN2O3. The molecule has 0 aliphatic heterocycles. The highest BCUT2D eigenvalue weighted by Gasteiger charge is 2.41. The summed E-state index contributed by atoms with van der Waals surface area (Å²) in [6, 6.07) is 7.03. The summed E-state index contributed by atoms with van der Waals surface area (Å²) >= 11 is 5.86. The van der Waals surface area contributed by atoms with Gasteiger partial charge in [-0.1, -0.05) is 31.4 Å². The zero-order valence-electron chi connectivity index (χ0n) is 15.2. The summed E-state index contributed by atoms with van der Waals surface area (Å²) in [7, 11) is 1.60. The predicted molar refractivity (Wildman–Crippen MR) is 101 cm³/mol. The fraction of sp³-hybridized carbons (Fsp3) is 0.600. The van der Waals surface area contributed by atoms with Crippen molar-refractivity contribution in [1.29, 1.82) is 0 Å². The highest BCUT2D eigenvalue weighted by Crippen LogP contribution is 2.36. The van der Waals surface area contributed by atoms with Crippen molar-refractivity contribution in [3.05, 3.63) is 29.8 Å². The smallest absolute Gasteiger partial charge is 0.247 e. The van der Waals surface area contributed by atoms with Crippen LogP contribution in [0.15, 0.2) is 24.3 Å². The molecule has 2 saturated carbocycles. The third-order valence-corrected chi connectivity index (χ3v) is 5.46. The van der Waals surface area contributed by atoms with Gasteiger partial charge >= 0.3 is 0 Å². The van der Waals surface area contributed by atoms with Crippen LogP contribution in [0.3, 0.4) is 0 Å². The van der Waals surface area contributed by atoms with Crippen molar-refractivity contribution >= 4 is 23.4 Å². The molecule has 0 spiro atoms. The van der Waals surface area contributed by atoms with Crippen LogP contribution in [0.2, 0.25) is 0 Å². The van der Waals surface area contributed by atoms with Gasteiger partial charge in [-0.3, -0.25) is 9.59 Å². The molecule has 5 nitrogen and oxygen atoms in total. The SMILES string of the molecule is COc1cccc(C(C(=O)NC2CCCCC2)N(C(=O)CCl)C2CC2)c1. The highest BCUT2D eigenvalue weighted by molar-refractivity contribution is 6.27. The summed E-state index contributed by atoms with van der Waals surface area (Å²) in [6.45, 7) is 0. The van der Waals surface area contributed by atoms with Gasteiger partial charge in [-0.15, -0.1) is 11.6 Å². The van der Waals surface area contributed by atoms with E-state index >= 15 is 0 Å². The lowest BCUT2D eigenvalue weighted by Gasteiger charge is -2.33. The second-order valence-electron chi connectivity index (χ2n) is 7.19. The van der Waals surface area contributed by atoms with E-state index in [1.54, 1.807) is 12.0 Å². The van der Waals surface area contributed by atoms with Gasteiger partial charge in [0.2, 0.25) is 11.8 Å². The van der Waals surface area contributed by atoms with Crippen molar-refractivity contribution in [2.45, 2.75) is 63.1 Å². The Kier molecular flexibility index (Phi) is 6.41. The molecule has 26 heavy (non-hydrogen) atoms. The monoisotopic (exact) mass is 378 g/mol. The summed E-state index contributed by atoms with van der Waals surface area (Å²) in [5, 5.41) is 3.18. The van der Waals surface area contributed by atoms with Gasteiger partial charge in [-0.05, 0) is 43.4 Å². The molecule has 0 heterocycles. The van der Waals surface area contributed by atoms with E-state index in [1.165, 1.54) is 6.42 Å². The molecule has 0 radical (unpaired) electrons. The van der Waals surface area contributed by atoms with E-state index in [1.807, 2.05) is 24.3 Å². The van der Waals surface area contributed by atoms with Crippen LogP contribution in [-0.4, -0.2) is 41.8 Å². The molecule has 2 fully saturated rings. The molecule has 1 atom stereocenters. The molecule has 2 aliphatic carbocycles. The molecule has 1 N–H and O–H groups in total. The van der Waals surface area contributed by atoms with Crippen LogP contribution in [-0.2, 0) is 9.59 Å². The Morgan fingerprint density at radius 3 is 2.58 bits per heavy atom. The number of hydrogen-bond donors (Lipinski definition) is 1. The number of carbonyl (C=O) groups excluding carboxylic acids is 2. The van der Waals surface area contributed by atoms with Crippen LogP contribution in [0.4, 0.5) is 0 Å². The fourth-order valence-corrected chi connectivity index (χ4v) is 3.90. The number of ether oxygens (including phenoxy) is 1. The maximum absolute atomic E-state index is 13.2. The second-order valence-corrected chi connectivity index (χ2v) is 7.46. The zero-order valence-corrected chi connectivity index (χ0v) is 16.0. The number of nitrogens with one attached hydrogen (secondary N) is 1. The van der Waals surface area contributed by atoms with Crippen molar-refractivity contribution in [3.63, 3.8) is 0 Å². The van der Waals surface area contributed by atoms with E-state index in [2.05, 4.69) is 5.32 Å². The van der Waals surface area contributed by atoms with Crippen LogP contribution in [0, 0.1) is 0 Å². The average molecular weight is 379 g/mol. The summed E-state index contributed by atoms with van der Waals surface area (Å²) in [4.78, 5) is 27.4. The highest BCUT2D eigenvalue weighted by atomic mass is 35.5. The normalized spacial score (nSPS) is 18.8. The van der Waals surface area contributed by atoms with Crippen LogP contribution in [0.1, 0.15) is 56.6 Å². The minimum Gasteiger partial charge on any atom is -0.497 e. The van der Waals surface area contributed by atoms with Crippen molar-refractivity contribution in [2.24, 2.45) is 0 Å². The van der Waals surface area contributed by atoms with Crippen molar-refractivity contribution in [2.75, 3.05) is 13.0 Å². The third kappa shape index (κ3) is 4.50. The first-order valence-corrected chi connectivity index (χ1v) is 9.99. The largest absolute Gasteiger partial charge is 0.497 e. The molecule has 0 saturated heterocycles. The lowest BCUT2D eigenvalue weighted by Crippen LogP contribution is -2.48. The van der Waals surface area contributed by atoms with Gasteiger partial charge in [-0.2, -0.15) is 0 Å². The summed E-state index contributed by atoms with van der Waals surface area (Å²) in [6.07, 6.45) is 7.35. The Morgan fingerprint density at radius 1 is 1.23 bits per heavy atom. The van der Waals surface area contributed by atoms with Crippen LogP contribution < -0.4 is 10.1 Å². The van der Waals surface area contributed by atoms with E-state index < -0.39 is 6.04 Å². The first-order chi connectivity index (χ1) is 12.6. The number of nitrogens with zero attached hydrogens (tertiary/aromatic N) is 1. The van der Waals surface area contributed by atoms with E-state index in [0.29, 0.717) is 5.75 Å². The van der Waals surface area contributed by atoms with Gasteiger partial charge in [0.15, 0.2) is 0 Å². The molecule has 0 bridgehead atoms. The van der Waals surface area contributed by atoms with E-state index in [-0.39, 0.29) is 29.8 Å². The first-order valence-electron chi connectivity index (χ1n) is 9.45.